The van der Waals surface area contributed by atoms with Crippen LogP contribution in [-0.2, 0) is 4.43 Å². The van der Waals surface area contributed by atoms with Crippen molar-refractivity contribution in [2.45, 2.75) is 32.2 Å². The van der Waals surface area contributed by atoms with Gasteiger partial charge in [0.15, 0.2) is 0 Å². The van der Waals surface area contributed by atoms with Crippen molar-refractivity contribution in [2.75, 3.05) is 13.2 Å². The fraction of sp³-hybridized carbons (Fsp3) is 0.304. The number of allylic oxidation sites excluding steroid dienone is 1. The summed E-state index contributed by atoms with van der Waals surface area (Å²) in [6.45, 7) is 7.43. The van der Waals surface area contributed by atoms with Crippen LogP contribution in [0.2, 0.25) is 5.04 Å². The minimum Gasteiger partial charge on any atom is -0.406 e. The Morgan fingerprint density at radius 2 is 1.50 bits per heavy atom. The molecule has 0 saturated heterocycles. The van der Waals surface area contributed by atoms with Gasteiger partial charge in [0.2, 0.25) is 0 Å². The Bertz CT molecular complexity index is 710. The molecular weight excluding hydrogens is 336 g/mol. The Labute approximate surface area is 158 Å². The minimum atomic E-state index is -2.45. The van der Waals surface area contributed by atoms with Crippen molar-refractivity contribution in [3.63, 3.8) is 0 Å². The fourth-order valence-electron chi connectivity index (χ4n) is 3.26. The standard InChI is InChI=1S/C23H28O2Si/c1-23(2,3)26(21-15-9-7-10-16-21,22-17-11-8-12-18-22)25-20-14-6-4-5-13-19-24/h5,7-13,15-18,24H,14,19-20H2,1-3H3/b13-5+. The van der Waals surface area contributed by atoms with Crippen LogP contribution in [0.4, 0.5) is 0 Å². The van der Waals surface area contributed by atoms with Crippen LogP contribution >= 0.6 is 0 Å². The molecule has 0 atom stereocenters. The zero-order valence-electron chi connectivity index (χ0n) is 15.9. The first-order valence-electron chi connectivity index (χ1n) is 9.01. The molecule has 0 unspecified atom stereocenters. The topological polar surface area (TPSA) is 29.5 Å². The lowest BCUT2D eigenvalue weighted by molar-refractivity contribution is 0.306. The first-order chi connectivity index (χ1) is 12.5. The molecule has 0 amide bonds. The predicted molar refractivity (Wildman–Crippen MR) is 112 cm³/mol. The van der Waals surface area contributed by atoms with E-state index < -0.39 is 8.32 Å². The average molecular weight is 365 g/mol. The lowest BCUT2D eigenvalue weighted by atomic mass is 10.2. The molecule has 0 aliphatic heterocycles. The van der Waals surface area contributed by atoms with Crippen LogP contribution in [0.5, 0.6) is 0 Å². The SMILES string of the molecule is CC(C)(C)[Si](OCCC#C/C=C/CO)(c1ccccc1)c1ccccc1. The summed E-state index contributed by atoms with van der Waals surface area (Å²) in [5, 5.41) is 11.3. The molecule has 0 aromatic heterocycles. The van der Waals surface area contributed by atoms with E-state index >= 15 is 0 Å². The Morgan fingerprint density at radius 3 is 1.96 bits per heavy atom. The van der Waals surface area contributed by atoms with Crippen molar-refractivity contribution in [1.82, 2.24) is 0 Å². The molecular formula is C23H28O2Si. The molecule has 2 aromatic rings. The van der Waals surface area contributed by atoms with Crippen molar-refractivity contribution in [1.29, 1.82) is 0 Å². The average Bonchev–Trinajstić information content (AvgIpc) is 2.64. The number of rotatable bonds is 6. The smallest absolute Gasteiger partial charge is 0.261 e. The summed E-state index contributed by atoms with van der Waals surface area (Å²) >= 11 is 0. The van der Waals surface area contributed by atoms with Crippen LogP contribution in [0.15, 0.2) is 72.8 Å². The number of benzene rings is 2. The zero-order valence-corrected chi connectivity index (χ0v) is 16.9. The minimum absolute atomic E-state index is 0.0140. The number of aliphatic hydroxyl groups is 1. The van der Waals surface area contributed by atoms with Gasteiger partial charge in [-0.2, -0.15) is 0 Å². The summed E-state index contributed by atoms with van der Waals surface area (Å²) in [5.74, 6) is 6.03. The summed E-state index contributed by atoms with van der Waals surface area (Å²) < 4.78 is 6.74. The van der Waals surface area contributed by atoms with Crippen molar-refractivity contribution < 1.29 is 9.53 Å². The van der Waals surface area contributed by atoms with Crippen molar-refractivity contribution in [3.05, 3.63) is 72.8 Å². The molecule has 0 saturated carbocycles. The van der Waals surface area contributed by atoms with Crippen molar-refractivity contribution >= 4 is 18.7 Å². The van der Waals surface area contributed by atoms with Gasteiger partial charge in [0.05, 0.1) is 6.61 Å². The Kier molecular flexibility index (Phi) is 7.41. The van der Waals surface area contributed by atoms with Gasteiger partial charge in [-0.1, -0.05) is 99.4 Å². The molecule has 1 N–H and O–H groups in total. The molecule has 136 valence electrons. The molecule has 0 heterocycles. The molecule has 2 rings (SSSR count). The van der Waals surface area contributed by atoms with E-state index in [4.69, 9.17) is 9.53 Å². The predicted octanol–water partition coefficient (Wildman–Crippen LogP) is 3.51. The Balaban J connectivity index is 2.37. The molecule has 0 spiro atoms. The number of hydrogen-bond acceptors (Lipinski definition) is 2. The van der Waals surface area contributed by atoms with Crippen LogP contribution in [0.3, 0.4) is 0 Å². The Morgan fingerprint density at radius 1 is 0.962 bits per heavy atom. The molecule has 0 aliphatic rings. The maximum absolute atomic E-state index is 8.74. The second-order valence-electron chi connectivity index (χ2n) is 7.17. The van der Waals surface area contributed by atoms with Crippen LogP contribution in [-0.4, -0.2) is 26.6 Å². The van der Waals surface area contributed by atoms with E-state index in [1.165, 1.54) is 10.4 Å². The summed E-state index contributed by atoms with van der Waals surface area (Å²) in [5.41, 5.74) is 0. The van der Waals surface area contributed by atoms with E-state index in [0.717, 1.165) is 0 Å². The third-order valence-corrected chi connectivity index (χ3v) is 9.41. The van der Waals surface area contributed by atoms with E-state index in [0.29, 0.717) is 13.0 Å². The highest BCUT2D eigenvalue weighted by molar-refractivity contribution is 6.99. The van der Waals surface area contributed by atoms with Gasteiger partial charge in [0.1, 0.15) is 0 Å². The fourth-order valence-corrected chi connectivity index (χ4v) is 7.82. The number of aliphatic hydroxyl groups excluding tert-OH is 1. The van der Waals surface area contributed by atoms with Gasteiger partial charge in [0.25, 0.3) is 8.32 Å². The maximum atomic E-state index is 8.74. The van der Waals surface area contributed by atoms with Crippen LogP contribution in [0, 0.1) is 11.8 Å². The summed E-state index contributed by atoms with van der Waals surface area (Å²) in [6, 6.07) is 21.2. The van der Waals surface area contributed by atoms with E-state index in [-0.39, 0.29) is 11.6 Å². The van der Waals surface area contributed by atoms with Gasteiger partial charge >= 0.3 is 0 Å². The van der Waals surface area contributed by atoms with E-state index in [9.17, 15) is 0 Å². The Hall–Kier alpha value is -2.12. The highest BCUT2D eigenvalue weighted by Gasteiger charge is 2.49. The van der Waals surface area contributed by atoms with Crippen molar-refractivity contribution in [2.24, 2.45) is 0 Å². The molecule has 0 fully saturated rings. The summed E-state index contributed by atoms with van der Waals surface area (Å²) in [6.07, 6.45) is 3.99. The lowest BCUT2D eigenvalue weighted by Gasteiger charge is -2.43. The first-order valence-corrected chi connectivity index (χ1v) is 10.9. The molecule has 2 aromatic carbocycles. The third kappa shape index (κ3) is 4.73. The van der Waals surface area contributed by atoms with Gasteiger partial charge in [-0.25, -0.2) is 0 Å². The molecule has 0 aliphatic carbocycles. The second-order valence-corrected chi connectivity index (χ2v) is 11.5. The highest BCUT2D eigenvalue weighted by Crippen LogP contribution is 2.36. The monoisotopic (exact) mass is 364 g/mol. The second kappa shape index (κ2) is 9.54. The molecule has 26 heavy (non-hydrogen) atoms. The largest absolute Gasteiger partial charge is 0.406 e. The molecule has 2 nitrogen and oxygen atoms in total. The zero-order chi connectivity index (χ0) is 18.9. The van der Waals surface area contributed by atoms with Gasteiger partial charge in [-0.05, 0) is 21.5 Å². The van der Waals surface area contributed by atoms with E-state index in [1.807, 2.05) is 0 Å². The normalized spacial score (nSPS) is 12.0. The van der Waals surface area contributed by atoms with E-state index in [1.54, 1.807) is 12.2 Å². The molecule has 0 bridgehead atoms. The number of hydrogen-bond donors (Lipinski definition) is 1. The van der Waals surface area contributed by atoms with Crippen LogP contribution in [0.25, 0.3) is 0 Å². The van der Waals surface area contributed by atoms with Crippen LogP contribution in [0.1, 0.15) is 27.2 Å². The molecule has 3 heteroatoms. The third-order valence-electron chi connectivity index (χ3n) is 4.37. The van der Waals surface area contributed by atoms with E-state index in [2.05, 4.69) is 93.3 Å². The summed E-state index contributed by atoms with van der Waals surface area (Å²) in [7, 11) is -2.45. The van der Waals surface area contributed by atoms with Crippen molar-refractivity contribution in [3.8, 4) is 11.8 Å². The maximum Gasteiger partial charge on any atom is 0.261 e. The summed E-state index contributed by atoms with van der Waals surface area (Å²) in [4.78, 5) is 0. The van der Waals surface area contributed by atoms with Gasteiger partial charge in [-0.15, -0.1) is 0 Å². The quantitative estimate of drug-likeness (QED) is 0.483. The molecule has 0 radical (unpaired) electrons. The van der Waals surface area contributed by atoms with Gasteiger partial charge in [-0.3, -0.25) is 0 Å². The lowest BCUT2D eigenvalue weighted by Crippen LogP contribution is -2.66. The van der Waals surface area contributed by atoms with Gasteiger partial charge in [0, 0.05) is 13.0 Å². The first kappa shape index (κ1) is 20.2. The highest BCUT2D eigenvalue weighted by atomic mass is 28.4. The van der Waals surface area contributed by atoms with Crippen LogP contribution < -0.4 is 10.4 Å². The van der Waals surface area contributed by atoms with Gasteiger partial charge < -0.3 is 9.53 Å².